The molecule has 6 aromatic heterocycles. The van der Waals surface area contributed by atoms with E-state index in [2.05, 4.69) is 334 Å². The summed E-state index contributed by atoms with van der Waals surface area (Å²) in [5.74, 6) is 6.22. The Morgan fingerprint density at radius 2 is 0.495 bits per heavy atom. The van der Waals surface area contributed by atoms with Crippen molar-refractivity contribution in [1.29, 1.82) is 0 Å². The molecule has 10 heterocycles. The van der Waals surface area contributed by atoms with E-state index in [1.54, 1.807) is 0 Å². The van der Waals surface area contributed by atoms with E-state index in [0.717, 1.165) is 143 Å². The van der Waals surface area contributed by atoms with Crippen LogP contribution in [-0.4, -0.2) is 61.6 Å². The van der Waals surface area contributed by atoms with Crippen LogP contribution < -0.4 is 42.3 Å². The fourth-order valence-electron chi connectivity index (χ4n) is 18.7. The van der Waals surface area contributed by atoms with Crippen LogP contribution in [0.4, 0.5) is 0 Å². The molecule has 0 N–H and O–H groups in total. The molecule has 24 rings (SSSR count). The first-order chi connectivity index (χ1) is 52.1. The number of fused-ring (bicyclic) bond motifs is 24. The molecule has 0 atom stereocenters. The number of hydrogen-bond donors (Lipinski definition) is 0. The number of hydrogen-bond acceptors (Lipinski definition) is 8. The molecule has 0 amide bonds. The molecule has 4 aliphatic heterocycles. The van der Waals surface area contributed by atoms with Gasteiger partial charge in [0.05, 0.1) is 49.5 Å². The minimum atomic E-state index is -0.785. The van der Waals surface area contributed by atoms with E-state index in [-0.39, 0.29) is 13.4 Å². The first-order valence-electron chi connectivity index (χ1n) is 35.7. The summed E-state index contributed by atoms with van der Waals surface area (Å²) >= 11 is 0. The molecule has 0 unspecified atom stereocenters. The molecule has 0 fully saturated rings. The predicted molar refractivity (Wildman–Crippen MR) is 422 cm³/mol. The van der Waals surface area contributed by atoms with Crippen molar-refractivity contribution in [3.8, 4) is 69.6 Å². The van der Waals surface area contributed by atoms with E-state index >= 15 is 0 Å². The Morgan fingerprint density at radius 1 is 0.229 bits per heavy atom. The SMILES string of the molecule is c1ccc2c(c1)B1c3ccc(-c4nc(-n5c6ccccc6c6ccccc65)nc(-n5c6ccccc6c6ccccc65)n4)cc3Oc3cccc(c31)C21c2ccccc2B2c3ccc(-c4nc(-n5c6ccccc6c6ccccc65)nc(-n5c6ccccc6c6ccccc65)n4)cc3Oc3cccc1c32. The molecular weight excluding hydrogens is 1290 g/mol. The van der Waals surface area contributed by atoms with Crippen molar-refractivity contribution in [3.05, 3.63) is 338 Å². The van der Waals surface area contributed by atoms with Crippen molar-refractivity contribution in [2.24, 2.45) is 0 Å². The second-order valence-corrected chi connectivity index (χ2v) is 27.9. The van der Waals surface area contributed by atoms with E-state index in [1.165, 1.54) is 33.2 Å². The Kier molecular flexibility index (Phi) is 11.4. The van der Waals surface area contributed by atoms with Crippen LogP contribution in [0.25, 0.3) is 134 Å². The lowest BCUT2D eigenvalue weighted by Crippen LogP contribution is -2.69. The van der Waals surface area contributed by atoms with Crippen LogP contribution in [0.15, 0.2) is 315 Å². The third-order valence-corrected chi connectivity index (χ3v) is 22.8. The number of rotatable bonds is 6. The lowest BCUT2D eigenvalue weighted by molar-refractivity contribution is 0.484. The second-order valence-electron chi connectivity index (χ2n) is 27.9. The molecule has 0 bridgehead atoms. The van der Waals surface area contributed by atoms with Gasteiger partial charge in [-0.05, 0) is 117 Å². The van der Waals surface area contributed by atoms with Crippen molar-refractivity contribution in [3.63, 3.8) is 0 Å². The van der Waals surface area contributed by atoms with Crippen LogP contribution in [0.3, 0.4) is 0 Å². The van der Waals surface area contributed by atoms with Crippen molar-refractivity contribution < 1.29 is 9.47 Å². The Labute approximate surface area is 600 Å². The highest BCUT2D eigenvalue weighted by atomic mass is 16.5. The first-order valence-corrected chi connectivity index (χ1v) is 35.7. The number of benzene rings is 14. The zero-order chi connectivity index (χ0) is 68.3. The number of nitrogens with zero attached hydrogens (tertiary/aromatic N) is 10. The monoisotopic (exact) mass is 1340 g/mol. The number of ether oxygens (including phenoxy) is 2. The molecule has 105 heavy (non-hydrogen) atoms. The first kappa shape index (κ1) is 56.7. The number of para-hydroxylation sites is 8. The molecule has 0 aliphatic carbocycles. The zero-order valence-corrected chi connectivity index (χ0v) is 56.0. The number of aromatic nitrogens is 10. The van der Waals surface area contributed by atoms with Gasteiger partial charge in [0.15, 0.2) is 11.6 Å². The maximum atomic E-state index is 7.43. The van der Waals surface area contributed by atoms with Gasteiger partial charge in [0, 0.05) is 54.2 Å². The summed E-state index contributed by atoms with van der Waals surface area (Å²) in [6.07, 6.45) is 0. The third-order valence-electron chi connectivity index (χ3n) is 22.8. The highest BCUT2D eigenvalue weighted by Crippen LogP contribution is 2.51. The van der Waals surface area contributed by atoms with Gasteiger partial charge in [-0.25, -0.2) is 0 Å². The molecule has 4 aliphatic rings. The molecular formula is C91H52B2N10O2. The molecule has 14 heteroatoms. The largest absolute Gasteiger partial charge is 0.458 e. The normalized spacial score (nSPS) is 13.5. The fraction of sp³-hybridized carbons (Fsp3) is 0.0110. The maximum Gasteiger partial charge on any atom is 0.251 e. The lowest BCUT2D eigenvalue weighted by atomic mass is 9.25. The maximum absolute atomic E-state index is 7.43. The van der Waals surface area contributed by atoms with E-state index in [4.69, 9.17) is 39.4 Å². The van der Waals surface area contributed by atoms with Gasteiger partial charge < -0.3 is 9.47 Å². The van der Waals surface area contributed by atoms with Crippen LogP contribution in [0, 0.1) is 0 Å². The van der Waals surface area contributed by atoms with E-state index in [1.807, 2.05) is 0 Å². The van der Waals surface area contributed by atoms with E-state index < -0.39 is 5.41 Å². The van der Waals surface area contributed by atoms with Crippen LogP contribution in [0.2, 0.25) is 0 Å². The van der Waals surface area contributed by atoms with E-state index in [0.29, 0.717) is 35.4 Å². The molecule has 0 saturated heterocycles. The van der Waals surface area contributed by atoms with Crippen LogP contribution in [0.1, 0.15) is 22.3 Å². The molecule has 1 spiro atoms. The zero-order valence-electron chi connectivity index (χ0n) is 56.0. The molecule has 20 aromatic rings. The summed E-state index contributed by atoms with van der Waals surface area (Å²) in [6.45, 7) is -0.367. The van der Waals surface area contributed by atoms with Crippen molar-refractivity contribution in [2.75, 3.05) is 0 Å². The summed E-state index contributed by atoms with van der Waals surface area (Å²) in [6, 6.07) is 113. The summed E-state index contributed by atoms with van der Waals surface area (Å²) < 4.78 is 23.6. The van der Waals surface area contributed by atoms with Gasteiger partial charge in [-0.15, -0.1) is 0 Å². The highest BCUT2D eigenvalue weighted by Gasteiger charge is 2.56. The summed E-state index contributed by atoms with van der Waals surface area (Å²) in [7, 11) is 0. The quantitative estimate of drug-likeness (QED) is 0.151. The average Bonchev–Trinajstić information content (AvgIpc) is 1.54. The van der Waals surface area contributed by atoms with Gasteiger partial charge in [-0.2, -0.15) is 29.9 Å². The Balaban J connectivity index is 0.657. The second kappa shape index (κ2) is 21.1. The van der Waals surface area contributed by atoms with Crippen molar-refractivity contribution in [2.45, 2.75) is 5.41 Å². The predicted octanol–water partition coefficient (Wildman–Crippen LogP) is 16.0. The Bertz CT molecular complexity index is 6340. The van der Waals surface area contributed by atoms with Gasteiger partial charge in [0.25, 0.3) is 13.4 Å². The smallest absolute Gasteiger partial charge is 0.251 e. The third kappa shape index (κ3) is 7.65. The minimum absolute atomic E-state index is 0.184. The fourth-order valence-corrected chi connectivity index (χ4v) is 18.7. The van der Waals surface area contributed by atoms with Crippen LogP contribution in [-0.2, 0) is 5.41 Å². The van der Waals surface area contributed by atoms with Gasteiger partial charge in [-0.3, -0.25) is 18.3 Å². The Hall–Kier alpha value is -14.0. The molecule has 0 radical (unpaired) electrons. The summed E-state index contributed by atoms with van der Waals surface area (Å²) in [4.78, 5) is 32.8. The highest BCUT2D eigenvalue weighted by molar-refractivity contribution is 6.99. The van der Waals surface area contributed by atoms with Crippen molar-refractivity contribution in [1.82, 2.24) is 48.2 Å². The van der Waals surface area contributed by atoms with Crippen LogP contribution >= 0.6 is 0 Å². The standard InChI is InChI=1S/C91H52B2N10O2/c1-13-37-71-55(23-1)56-24-2-14-38-72(56)100(71)87-94-85(95-88(98-87)101-73-39-15-3-25-57(73)58-26-4-16-40-74(58)101)53-47-49-69-81(51-53)104-79-45-21-33-65-83(79)92(69)67-35-11-9-31-63(67)91(65)64-32-10-12-36-68(64)93-70-50-48-54(52-82(70)105-80-46-22-34-66(91)84(80)93)86-96-89(102-75-41-17-5-27-59(75)60-28-6-18-42-76(60)102)99-90(97-86)103-77-43-19-7-29-61(77)62-30-8-20-44-78(62)103/h1-52H. The Morgan fingerprint density at radius 3 is 0.800 bits per heavy atom. The average molecular weight is 1340 g/mol. The van der Waals surface area contributed by atoms with Crippen LogP contribution in [0.5, 0.6) is 23.0 Å². The molecule has 0 saturated carbocycles. The topological polar surface area (TPSA) is 116 Å². The van der Waals surface area contributed by atoms with Gasteiger partial charge >= 0.3 is 0 Å². The minimum Gasteiger partial charge on any atom is -0.458 e. The van der Waals surface area contributed by atoms with Gasteiger partial charge in [0.1, 0.15) is 23.0 Å². The molecule has 484 valence electrons. The molecule has 14 aromatic carbocycles. The molecule has 12 nitrogen and oxygen atoms in total. The summed E-state index contributed by atoms with van der Waals surface area (Å²) in [5, 5.41) is 8.96. The van der Waals surface area contributed by atoms with Gasteiger partial charge in [-0.1, -0.05) is 254 Å². The van der Waals surface area contributed by atoms with Gasteiger partial charge in [0.2, 0.25) is 23.8 Å². The summed E-state index contributed by atoms with van der Waals surface area (Å²) in [5.41, 5.74) is 20.5. The van der Waals surface area contributed by atoms with Crippen molar-refractivity contribution >= 4 is 133 Å². The lowest BCUT2D eigenvalue weighted by Gasteiger charge is -2.51. The van der Waals surface area contributed by atoms with E-state index in [9.17, 15) is 0 Å².